The first-order chi connectivity index (χ1) is 8.52. The van der Waals surface area contributed by atoms with Crippen molar-refractivity contribution in [3.8, 4) is 0 Å². The molecule has 0 unspecified atom stereocenters. The molecule has 2 heterocycles. The number of aryl methyl sites for hydroxylation is 1. The van der Waals surface area contributed by atoms with Crippen LogP contribution in [0, 0.1) is 6.92 Å². The quantitative estimate of drug-likeness (QED) is 0.800. The molecule has 0 saturated heterocycles. The predicted octanol–water partition coefficient (Wildman–Crippen LogP) is 0.761. The van der Waals surface area contributed by atoms with Gasteiger partial charge in [0.1, 0.15) is 0 Å². The number of aliphatic hydroxyl groups excluding tert-OH is 1. The number of thioether (sulfide) groups is 1. The van der Waals surface area contributed by atoms with Crippen molar-refractivity contribution in [1.82, 2.24) is 19.6 Å². The maximum Gasteiger partial charge on any atom is 0.277 e. The van der Waals surface area contributed by atoms with E-state index in [9.17, 15) is 4.79 Å². The summed E-state index contributed by atoms with van der Waals surface area (Å²) in [7, 11) is 0. The Morgan fingerprint density at radius 2 is 2.17 bits per heavy atom. The second-order valence-corrected chi connectivity index (χ2v) is 5.85. The molecule has 2 rings (SSSR count). The monoisotopic (exact) mass is 268 g/mol. The van der Waals surface area contributed by atoms with Crippen LogP contribution in [0.15, 0.2) is 9.95 Å². The third-order valence-corrected chi connectivity index (χ3v) is 3.36. The van der Waals surface area contributed by atoms with Crippen LogP contribution >= 0.6 is 11.8 Å². The summed E-state index contributed by atoms with van der Waals surface area (Å²) < 4.78 is 1.34. The Morgan fingerprint density at radius 3 is 2.78 bits per heavy atom. The van der Waals surface area contributed by atoms with Crippen molar-refractivity contribution in [2.45, 2.75) is 37.6 Å². The molecule has 0 amide bonds. The second-order valence-electron chi connectivity index (χ2n) is 4.29. The molecule has 18 heavy (non-hydrogen) atoms. The van der Waals surface area contributed by atoms with Gasteiger partial charge in [0.15, 0.2) is 5.16 Å². The van der Waals surface area contributed by atoms with Crippen molar-refractivity contribution >= 4 is 17.5 Å². The highest BCUT2D eigenvalue weighted by atomic mass is 32.2. The van der Waals surface area contributed by atoms with Crippen molar-refractivity contribution in [3.05, 3.63) is 21.6 Å². The maximum atomic E-state index is 12.2. The fourth-order valence-electron chi connectivity index (χ4n) is 1.71. The van der Waals surface area contributed by atoms with Crippen LogP contribution in [-0.2, 0) is 6.42 Å². The lowest BCUT2D eigenvalue weighted by molar-refractivity contribution is 0.298. The molecule has 0 aromatic carbocycles. The van der Waals surface area contributed by atoms with E-state index in [0.29, 0.717) is 33.9 Å². The van der Waals surface area contributed by atoms with E-state index in [4.69, 9.17) is 5.11 Å². The number of nitrogens with one attached hydrogen (secondary N) is 1. The molecule has 0 radical (unpaired) electrons. The van der Waals surface area contributed by atoms with Crippen molar-refractivity contribution in [3.63, 3.8) is 0 Å². The lowest BCUT2D eigenvalue weighted by Crippen LogP contribution is -2.22. The van der Waals surface area contributed by atoms with Gasteiger partial charge >= 0.3 is 0 Å². The van der Waals surface area contributed by atoms with Crippen molar-refractivity contribution in [1.29, 1.82) is 0 Å². The number of fused-ring (bicyclic) bond motifs is 1. The predicted molar refractivity (Wildman–Crippen MR) is 70.1 cm³/mol. The number of rotatable bonds is 4. The van der Waals surface area contributed by atoms with E-state index >= 15 is 0 Å². The molecule has 0 fully saturated rings. The number of aromatic amines is 1. The highest BCUT2D eigenvalue weighted by Crippen LogP contribution is 2.18. The van der Waals surface area contributed by atoms with Crippen LogP contribution in [0.5, 0.6) is 0 Å². The van der Waals surface area contributed by atoms with Crippen molar-refractivity contribution in [2.75, 3.05) is 6.61 Å². The Kier molecular flexibility index (Phi) is 3.72. The summed E-state index contributed by atoms with van der Waals surface area (Å²) in [5.41, 5.74) is 0.969. The van der Waals surface area contributed by atoms with Gasteiger partial charge in [-0.25, -0.2) is 4.98 Å². The number of aromatic nitrogens is 4. The van der Waals surface area contributed by atoms with E-state index in [-0.39, 0.29) is 12.2 Å². The zero-order chi connectivity index (χ0) is 13.3. The first-order valence-corrected chi connectivity index (χ1v) is 6.66. The van der Waals surface area contributed by atoms with E-state index in [1.165, 1.54) is 4.52 Å². The fraction of sp³-hybridized carbons (Fsp3) is 0.545. The van der Waals surface area contributed by atoms with Crippen LogP contribution < -0.4 is 5.56 Å². The minimum Gasteiger partial charge on any atom is -0.396 e. The van der Waals surface area contributed by atoms with Crippen LogP contribution in [0.1, 0.15) is 25.1 Å². The van der Waals surface area contributed by atoms with Gasteiger partial charge in [-0.1, -0.05) is 25.6 Å². The molecule has 0 aliphatic carbocycles. The Hall–Kier alpha value is -1.34. The summed E-state index contributed by atoms with van der Waals surface area (Å²) in [5.74, 6) is 0.377. The van der Waals surface area contributed by atoms with Crippen LogP contribution in [0.3, 0.4) is 0 Å². The van der Waals surface area contributed by atoms with Gasteiger partial charge in [-0.15, -0.1) is 0 Å². The van der Waals surface area contributed by atoms with Gasteiger partial charge in [-0.2, -0.15) is 9.50 Å². The molecule has 0 aliphatic rings. The molecule has 6 nitrogen and oxygen atoms in total. The molecular weight excluding hydrogens is 252 g/mol. The average Bonchev–Trinajstić information content (AvgIpc) is 2.66. The molecule has 98 valence electrons. The lowest BCUT2D eigenvalue weighted by atomic mass is 10.2. The maximum absolute atomic E-state index is 12.2. The highest BCUT2D eigenvalue weighted by Gasteiger charge is 2.13. The van der Waals surface area contributed by atoms with E-state index in [0.717, 1.165) is 0 Å². The number of aliphatic hydroxyl groups is 1. The summed E-state index contributed by atoms with van der Waals surface area (Å²) in [6, 6.07) is 0. The molecule has 2 aromatic rings. The first kappa shape index (κ1) is 13.1. The fourth-order valence-corrected chi connectivity index (χ4v) is 2.44. The van der Waals surface area contributed by atoms with E-state index in [2.05, 4.69) is 28.9 Å². The van der Waals surface area contributed by atoms with Gasteiger partial charge in [0.25, 0.3) is 11.3 Å². The van der Waals surface area contributed by atoms with Gasteiger partial charge < -0.3 is 5.11 Å². The lowest BCUT2D eigenvalue weighted by Gasteiger charge is -2.01. The summed E-state index contributed by atoms with van der Waals surface area (Å²) in [4.78, 5) is 20.7. The third-order valence-electron chi connectivity index (χ3n) is 2.48. The summed E-state index contributed by atoms with van der Waals surface area (Å²) in [6.07, 6.45) is 0.312. The van der Waals surface area contributed by atoms with Crippen LogP contribution in [0.4, 0.5) is 0 Å². The summed E-state index contributed by atoms with van der Waals surface area (Å²) in [5, 5.41) is 12.9. The SMILES string of the molecule is Cc1nc2nc(SC(C)C)[nH]n2c(=O)c1CCO. The van der Waals surface area contributed by atoms with Gasteiger partial charge in [0.05, 0.1) is 5.69 Å². The van der Waals surface area contributed by atoms with Gasteiger partial charge in [0.2, 0.25) is 0 Å². The smallest absolute Gasteiger partial charge is 0.277 e. The Morgan fingerprint density at radius 1 is 1.44 bits per heavy atom. The van der Waals surface area contributed by atoms with Gasteiger partial charge in [-0.3, -0.25) is 9.89 Å². The molecule has 0 atom stereocenters. The van der Waals surface area contributed by atoms with Crippen molar-refractivity contribution < 1.29 is 5.11 Å². The molecule has 2 N–H and O–H groups in total. The molecule has 0 aliphatic heterocycles. The number of H-pyrrole nitrogens is 1. The minimum absolute atomic E-state index is 0.0639. The second kappa shape index (κ2) is 5.11. The van der Waals surface area contributed by atoms with E-state index in [1.807, 2.05) is 0 Å². The average molecular weight is 268 g/mol. The van der Waals surface area contributed by atoms with Crippen LogP contribution in [-0.4, -0.2) is 36.5 Å². The Balaban J connectivity index is 2.56. The largest absolute Gasteiger partial charge is 0.396 e. The topological polar surface area (TPSA) is 83.3 Å². The van der Waals surface area contributed by atoms with E-state index < -0.39 is 0 Å². The summed E-state index contributed by atoms with van der Waals surface area (Å²) >= 11 is 1.54. The number of hydrogen-bond acceptors (Lipinski definition) is 5. The normalized spacial score (nSPS) is 11.6. The molecule has 0 saturated carbocycles. The standard InChI is InChI=1S/C11H16N4O2S/c1-6(2)18-11-13-10-12-7(3)8(4-5-16)9(17)15(10)14-11/h6,16H,4-5H2,1-3H3,(H,12,13,14). The first-order valence-electron chi connectivity index (χ1n) is 5.78. The molecule has 2 aromatic heterocycles. The molecule has 0 spiro atoms. The van der Waals surface area contributed by atoms with Crippen LogP contribution in [0.25, 0.3) is 5.78 Å². The Bertz CT molecular complexity index is 617. The molecule has 0 bridgehead atoms. The number of hydrogen-bond donors (Lipinski definition) is 2. The van der Waals surface area contributed by atoms with E-state index in [1.54, 1.807) is 18.7 Å². The third kappa shape index (κ3) is 2.41. The van der Waals surface area contributed by atoms with Gasteiger partial charge in [-0.05, 0) is 6.92 Å². The van der Waals surface area contributed by atoms with Crippen LogP contribution in [0.2, 0.25) is 0 Å². The van der Waals surface area contributed by atoms with Crippen molar-refractivity contribution in [2.24, 2.45) is 0 Å². The summed E-state index contributed by atoms with van der Waals surface area (Å²) in [6.45, 7) is 5.80. The zero-order valence-corrected chi connectivity index (χ0v) is 11.4. The Labute approximate surface area is 108 Å². The number of nitrogens with zero attached hydrogens (tertiary/aromatic N) is 3. The molecule has 7 heteroatoms. The van der Waals surface area contributed by atoms with Gasteiger partial charge in [0, 0.05) is 23.8 Å². The highest BCUT2D eigenvalue weighted by molar-refractivity contribution is 7.99. The molecular formula is C11H16N4O2S. The minimum atomic E-state index is -0.186. The zero-order valence-electron chi connectivity index (χ0n) is 10.6.